The minimum Gasteiger partial charge on any atom is -0.324 e. The molecule has 144 valence electrons. The van der Waals surface area contributed by atoms with Crippen LogP contribution in [0.1, 0.15) is 11.4 Å². The van der Waals surface area contributed by atoms with Gasteiger partial charge in [0.05, 0.1) is 16.5 Å². The number of allylic oxidation sites excluding steroid dienone is 1. The predicted molar refractivity (Wildman–Crippen MR) is 115 cm³/mol. The van der Waals surface area contributed by atoms with E-state index in [1.165, 1.54) is 11.8 Å². The van der Waals surface area contributed by atoms with Gasteiger partial charge in [-0.1, -0.05) is 65.3 Å². The minimum atomic E-state index is -0.162. The van der Waals surface area contributed by atoms with Crippen LogP contribution < -0.4 is 5.32 Å². The minimum absolute atomic E-state index is 0.162. The van der Waals surface area contributed by atoms with E-state index in [1.54, 1.807) is 18.2 Å². The standard InChI is InChI=1S/C20H18Cl2N4OS/c1-2-11-26-18(12-14-7-9-15(21)10-8-14)24-25-20(26)28-13-19(27)23-17-6-4-3-5-16(17)22/h2-10H,1,11-13H2,(H,23,27). The molecule has 1 N–H and O–H groups in total. The summed E-state index contributed by atoms with van der Waals surface area (Å²) in [6.07, 6.45) is 2.40. The fourth-order valence-corrected chi connectivity index (χ4v) is 3.61. The molecule has 0 radical (unpaired) electrons. The van der Waals surface area contributed by atoms with E-state index in [4.69, 9.17) is 23.2 Å². The van der Waals surface area contributed by atoms with Gasteiger partial charge in [0, 0.05) is 18.0 Å². The topological polar surface area (TPSA) is 59.8 Å². The molecule has 1 aromatic heterocycles. The van der Waals surface area contributed by atoms with Crippen molar-refractivity contribution in [2.75, 3.05) is 11.1 Å². The van der Waals surface area contributed by atoms with Crippen molar-refractivity contribution >= 4 is 46.6 Å². The summed E-state index contributed by atoms with van der Waals surface area (Å²) in [5.74, 6) is 0.836. The zero-order chi connectivity index (χ0) is 19.9. The molecular weight excluding hydrogens is 415 g/mol. The van der Waals surface area contributed by atoms with E-state index < -0.39 is 0 Å². The Hall–Kier alpha value is -2.28. The lowest BCUT2D eigenvalue weighted by Crippen LogP contribution is -2.15. The number of anilines is 1. The molecule has 0 aliphatic rings. The molecule has 0 atom stereocenters. The van der Waals surface area contributed by atoms with Crippen LogP contribution in [-0.2, 0) is 17.8 Å². The number of hydrogen-bond acceptors (Lipinski definition) is 4. The molecule has 1 amide bonds. The summed E-state index contributed by atoms with van der Waals surface area (Å²) in [5.41, 5.74) is 1.67. The molecule has 8 heteroatoms. The number of thioether (sulfide) groups is 1. The molecule has 0 saturated carbocycles. The lowest BCUT2D eigenvalue weighted by atomic mass is 10.1. The fraction of sp³-hybridized carbons (Fsp3) is 0.150. The third-order valence-corrected chi connectivity index (χ3v) is 5.41. The first-order chi connectivity index (χ1) is 13.6. The smallest absolute Gasteiger partial charge is 0.234 e. The van der Waals surface area contributed by atoms with Crippen molar-refractivity contribution in [1.82, 2.24) is 14.8 Å². The number of amides is 1. The summed E-state index contributed by atoms with van der Waals surface area (Å²) in [6, 6.07) is 14.7. The van der Waals surface area contributed by atoms with E-state index in [2.05, 4.69) is 22.1 Å². The molecule has 0 aliphatic carbocycles. The zero-order valence-corrected chi connectivity index (χ0v) is 17.3. The zero-order valence-electron chi connectivity index (χ0n) is 14.9. The molecule has 0 unspecified atom stereocenters. The second-order valence-corrected chi connectivity index (χ2v) is 7.70. The van der Waals surface area contributed by atoms with Crippen molar-refractivity contribution in [3.05, 3.63) is 82.6 Å². The highest BCUT2D eigenvalue weighted by Crippen LogP contribution is 2.23. The van der Waals surface area contributed by atoms with Crippen molar-refractivity contribution in [1.29, 1.82) is 0 Å². The number of para-hydroxylation sites is 1. The van der Waals surface area contributed by atoms with Gasteiger partial charge < -0.3 is 9.88 Å². The van der Waals surface area contributed by atoms with Crippen LogP contribution in [0.3, 0.4) is 0 Å². The quantitative estimate of drug-likeness (QED) is 0.397. The Labute approximate surface area is 177 Å². The first-order valence-electron chi connectivity index (χ1n) is 8.51. The number of benzene rings is 2. The molecule has 0 spiro atoms. The van der Waals surface area contributed by atoms with Gasteiger partial charge >= 0.3 is 0 Å². The molecule has 0 aliphatic heterocycles. The number of carbonyl (C=O) groups excluding carboxylic acids is 1. The number of nitrogens with one attached hydrogen (secondary N) is 1. The Balaban J connectivity index is 1.67. The molecule has 3 rings (SSSR count). The van der Waals surface area contributed by atoms with E-state index in [9.17, 15) is 4.79 Å². The van der Waals surface area contributed by atoms with E-state index in [0.717, 1.165) is 11.4 Å². The Morgan fingerprint density at radius 2 is 1.89 bits per heavy atom. The van der Waals surface area contributed by atoms with E-state index >= 15 is 0 Å². The average molecular weight is 433 g/mol. The van der Waals surface area contributed by atoms with E-state index in [0.29, 0.717) is 33.9 Å². The third-order valence-electron chi connectivity index (χ3n) is 3.86. The predicted octanol–water partition coefficient (Wildman–Crippen LogP) is 5.09. The number of carbonyl (C=O) groups is 1. The molecule has 3 aromatic rings. The molecule has 28 heavy (non-hydrogen) atoms. The normalized spacial score (nSPS) is 10.6. The average Bonchev–Trinajstić information content (AvgIpc) is 3.06. The Morgan fingerprint density at radius 1 is 1.14 bits per heavy atom. The number of halogens is 2. The molecule has 1 heterocycles. The van der Waals surface area contributed by atoms with Gasteiger partial charge in [-0.25, -0.2) is 0 Å². The van der Waals surface area contributed by atoms with Gasteiger partial charge in [-0.3, -0.25) is 4.79 Å². The molecule has 0 fully saturated rings. The highest BCUT2D eigenvalue weighted by molar-refractivity contribution is 7.99. The lowest BCUT2D eigenvalue weighted by molar-refractivity contribution is -0.113. The number of hydrogen-bond donors (Lipinski definition) is 1. The highest BCUT2D eigenvalue weighted by atomic mass is 35.5. The van der Waals surface area contributed by atoms with Crippen LogP contribution in [0.4, 0.5) is 5.69 Å². The van der Waals surface area contributed by atoms with Gasteiger partial charge in [0.2, 0.25) is 5.91 Å². The highest BCUT2D eigenvalue weighted by Gasteiger charge is 2.14. The number of rotatable bonds is 8. The SMILES string of the molecule is C=CCn1c(Cc2ccc(Cl)cc2)nnc1SCC(=O)Nc1ccccc1Cl. The van der Waals surface area contributed by atoms with Crippen LogP contribution in [0.5, 0.6) is 0 Å². The Morgan fingerprint density at radius 3 is 2.61 bits per heavy atom. The van der Waals surface area contributed by atoms with Crippen LogP contribution in [0, 0.1) is 0 Å². The van der Waals surface area contributed by atoms with Crippen LogP contribution in [-0.4, -0.2) is 26.4 Å². The summed E-state index contributed by atoms with van der Waals surface area (Å²) in [5, 5.41) is 13.2. The maximum absolute atomic E-state index is 12.3. The molecule has 2 aromatic carbocycles. The molecule has 0 saturated heterocycles. The fourth-order valence-electron chi connectivity index (χ4n) is 2.53. The first-order valence-corrected chi connectivity index (χ1v) is 10.3. The summed E-state index contributed by atoms with van der Waals surface area (Å²) >= 11 is 13.3. The molecule has 5 nitrogen and oxygen atoms in total. The molecule has 0 bridgehead atoms. The summed E-state index contributed by atoms with van der Waals surface area (Å²) in [4.78, 5) is 12.3. The van der Waals surface area contributed by atoms with Gasteiger partial charge in [-0.15, -0.1) is 16.8 Å². The maximum atomic E-state index is 12.3. The van der Waals surface area contributed by atoms with Crippen molar-refractivity contribution in [2.24, 2.45) is 0 Å². The van der Waals surface area contributed by atoms with Crippen molar-refractivity contribution in [3.63, 3.8) is 0 Å². The van der Waals surface area contributed by atoms with Gasteiger partial charge in [-0.05, 0) is 29.8 Å². The second-order valence-electron chi connectivity index (χ2n) is 5.92. The van der Waals surface area contributed by atoms with Crippen LogP contribution in [0.15, 0.2) is 66.3 Å². The van der Waals surface area contributed by atoms with E-state index in [-0.39, 0.29) is 11.7 Å². The van der Waals surface area contributed by atoms with Gasteiger partial charge in [0.1, 0.15) is 5.82 Å². The third kappa shape index (κ3) is 5.38. The first kappa shape index (κ1) is 20.5. The Kier molecular flexibility index (Phi) is 7.14. The van der Waals surface area contributed by atoms with Crippen LogP contribution >= 0.6 is 35.0 Å². The van der Waals surface area contributed by atoms with Crippen molar-refractivity contribution < 1.29 is 4.79 Å². The van der Waals surface area contributed by atoms with Crippen LogP contribution in [0.25, 0.3) is 0 Å². The van der Waals surface area contributed by atoms with E-state index in [1.807, 2.05) is 41.0 Å². The second kappa shape index (κ2) is 9.78. The molecular formula is C20H18Cl2N4OS. The van der Waals surface area contributed by atoms with Crippen molar-refractivity contribution in [3.8, 4) is 0 Å². The number of nitrogens with zero attached hydrogens (tertiary/aromatic N) is 3. The van der Waals surface area contributed by atoms with Gasteiger partial charge in [0.25, 0.3) is 0 Å². The number of aromatic nitrogens is 3. The largest absolute Gasteiger partial charge is 0.324 e. The maximum Gasteiger partial charge on any atom is 0.234 e. The van der Waals surface area contributed by atoms with Gasteiger partial charge in [-0.2, -0.15) is 0 Å². The Bertz CT molecular complexity index is 973. The summed E-state index contributed by atoms with van der Waals surface area (Å²) < 4.78 is 1.95. The van der Waals surface area contributed by atoms with Gasteiger partial charge in [0.15, 0.2) is 5.16 Å². The van der Waals surface area contributed by atoms with Crippen molar-refractivity contribution in [2.45, 2.75) is 18.1 Å². The monoisotopic (exact) mass is 432 g/mol. The summed E-state index contributed by atoms with van der Waals surface area (Å²) in [7, 11) is 0. The lowest BCUT2D eigenvalue weighted by Gasteiger charge is -2.09. The summed E-state index contributed by atoms with van der Waals surface area (Å²) in [6.45, 7) is 4.36. The van der Waals surface area contributed by atoms with Crippen LogP contribution in [0.2, 0.25) is 10.0 Å².